The standard InChI is InChI=1S/C15H28N4/c1-5-15-14(11-18(4)17-15)9-16-8-13-6-7-19(10-13)12(2)3/h11-13,16H,5-10H2,1-4H3. The zero-order valence-corrected chi connectivity index (χ0v) is 12.8. The Hall–Kier alpha value is -0.870. The molecule has 0 bridgehead atoms. The smallest absolute Gasteiger partial charge is 0.0666 e. The van der Waals surface area contributed by atoms with E-state index in [0.717, 1.165) is 25.4 Å². The van der Waals surface area contributed by atoms with Gasteiger partial charge in [-0.3, -0.25) is 4.68 Å². The van der Waals surface area contributed by atoms with Gasteiger partial charge in [-0.15, -0.1) is 0 Å². The molecule has 4 heteroatoms. The molecule has 1 aromatic heterocycles. The molecule has 1 saturated heterocycles. The summed E-state index contributed by atoms with van der Waals surface area (Å²) in [6, 6.07) is 0.690. The highest BCUT2D eigenvalue weighted by Gasteiger charge is 2.23. The number of nitrogens with zero attached hydrogens (tertiary/aromatic N) is 3. The fourth-order valence-electron chi connectivity index (χ4n) is 2.94. The molecule has 1 N–H and O–H groups in total. The van der Waals surface area contributed by atoms with Crippen LogP contribution >= 0.6 is 0 Å². The van der Waals surface area contributed by atoms with Gasteiger partial charge in [-0.05, 0) is 45.7 Å². The Morgan fingerprint density at radius 2 is 2.26 bits per heavy atom. The first-order valence-electron chi connectivity index (χ1n) is 7.56. The average Bonchev–Trinajstić information content (AvgIpc) is 2.96. The molecule has 1 aliphatic heterocycles. The van der Waals surface area contributed by atoms with Crippen LogP contribution in [0.3, 0.4) is 0 Å². The summed E-state index contributed by atoms with van der Waals surface area (Å²) in [5.41, 5.74) is 2.58. The van der Waals surface area contributed by atoms with Crippen molar-refractivity contribution < 1.29 is 0 Å². The highest BCUT2D eigenvalue weighted by atomic mass is 15.3. The summed E-state index contributed by atoms with van der Waals surface area (Å²) >= 11 is 0. The zero-order chi connectivity index (χ0) is 13.8. The summed E-state index contributed by atoms with van der Waals surface area (Å²) in [7, 11) is 2.00. The predicted molar refractivity (Wildman–Crippen MR) is 79.1 cm³/mol. The molecule has 0 spiro atoms. The molecule has 2 heterocycles. The summed E-state index contributed by atoms with van der Waals surface area (Å²) < 4.78 is 1.92. The van der Waals surface area contributed by atoms with E-state index in [0.29, 0.717) is 6.04 Å². The van der Waals surface area contributed by atoms with Crippen LogP contribution in [-0.4, -0.2) is 40.4 Å². The summed E-state index contributed by atoms with van der Waals surface area (Å²) in [6.45, 7) is 11.3. The van der Waals surface area contributed by atoms with Crippen LogP contribution in [0.2, 0.25) is 0 Å². The van der Waals surface area contributed by atoms with Gasteiger partial charge in [0.2, 0.25) is 0 Å². The first kappa shape index (κ1) is 14.5. The lowest BCUT2D eigenvalue weighted by Gasteiger charge is -2.20. The fraction of sp³-hybridized carbons (Fsp3) is 0.800. The van der Waals surface area contributed by atoms with Gasteiger partial charge in [-0.25, -0.2) is 0 Å². The lowest BCUT2D eigenvalue weighted by Crippen LogP contribution is -2.30. The molecule has 2 rings (SSSR count). The van der Waals surface area contributed by atoms with E-state index < -0.39 is 0 Å². The van der Waals surface area contributed by atoms with Crippen LogP contribution in [0.5, 0.6) is 0 Å². The Labute approximate surface area is 117 Å². The minimum atomic E-state index is 0.690. The number of hydrogen-bond acceptors (Lipinski definition) is 3. The Morgan fingerprint density at radius 3 is 2.89 bits per heavy atom. The van der Waals surface area contributed by atoms with Gasteiger partial charge in [0.25, 0.3) is 0 Å². The van der Waals surface area contributed by atoms with Gasteiger partial charge < -0.3 is 10.2 Å². The molecule has 1 unspecified atom stereocenters. The maximum atomic E-state index is 4.48. The second-order valence-electron chi connectivity index (χ2n) is 6.00. The number of aryl methyl sites for hydroxylation is 2. The highest BCUT2D eigenvalue weighted by molar-refractivity contribution is 5.16. The van der Waals surface area contributed by atoms with Crippen molar-refractivity contribution in [3.05, 3.63) is 17.5 Å². The minimum absolute atomic E-state index is 0.690. The van der Waals surface area contributed by atoms with E-state index in [1.165, 1.54) is 30.8 Å². The van der Waals surface area contributed by atoms with E-state index in [4.69, 9.17) is 0 Å². The van der Waals surface area contributed by atoms with Crippen LogP contribution in [0.1, 0.15) is 38.4 Å². The van der Waals surface area contributed by atoms with Crippen LogP contribution < -0.4 is 5.32 Å². The van der Waals surface area contributed by atoms with Gasteiger partial charge in [0.1, 0.15) is 0 Å². The average molecular weight is 264 g/mol. The number of nitrogens with one attached hydrogen (secondary N) is 1. The van der Waals surface area contributed by atoms with Gasteiger partial charge in [-0.2, -0.15) is 5.10 Å². The van der Waals surface area contributed by atoms with Gasteiger partial charge >= 0.3 is 0 Å². The first-order valence-corrected chi connectivity index (χ1v) is 7.56. The maximum absolute atomic E-state index is 4.48. The Kier molecular flexibility index (Phi) is 4.99. The molecule has 1 atom stereocenters. The summed E-state index contributed by atoms with van der Waals surface area (Å²) in [6.07, 6.45) is 4.49. The SMILES string of the molecule is CCc1nn(C)cc1CNCC1CCN(C(C)C)C1. The number of aromatic nitrogens is 2. The highest BCUT2D eigenvalue weighted by Crippen LogP contribution is 2.17. The van der Waals surface area contributed by atoms with Crippen LogP contribution in [0.15, 0.2) is 6.20 Å². The van der Waals surface area contributed by atoms with Crippen LogP contribution in [0.4, 0.5) is 0 Å². The molecule has 108 valence electrons. The van der Waals surface area contributed by atoms with Crippen LogP contribution in [0.25, 0.3) is 0 Å². The number of hydrogen-bond donors (Lipinski definition) is 1. The van der Waals surface area contributed by atoms with E-state index in [-0.39, 0.29) is 0 Å². The van der Waals surface area contributed by atoms with Crippen molar-refractivity contribution in [2.24, 2.45) is 13.0 Å². The van der Waals surface area contributed by atoms with Crippen molar-refractivity contribution in [1.29, 1.82) is 0 Å². The Bertz CT molecular complexity index is 397. The molecule has 1 aromatic rings. The normalized spacial score (nSPS) is 20.6. The van der Waals surface area contributed by atoms with Gasteiger partial charge in [0.05, 0.1) is 5.69 Å². The Morgan fingerprint density at radius 1 is 1.47 bits per heavy atom. The molecule has 0 aliphatic carbocycles. The zero-order valence-electron chi connectivity index (χ0n) is 12.8. The first-order chi connectivity index (χ1) is 9.10. The molecule has 0 radical (unpaired) electrons. The van der Waals surface area contributed by atoms with E-state index in [2.05, 4.69) is 42.3 Å². The van der Waals surface area contributed by atoms with E-state index >= 15 is 0 Å². The largest absolute Gasteiger partial charge is 0.312 e. The topological polar surface area (TPSA) is 33.1 Å². The van der Waals surface area contributed by atoms with Crippen molar-refractivity contribution in [3.63, 3.8) is 0 Å². The third kappa shape index (κ3) is 3.80. The second-order valence-corrected chi connectivity index (χ2v) is 6.00. The van der Waals surface area contributed by atoms with Crippen molar-refractivity contribution >= 4 is 0 Å². The molecular weight excluding hydrogens is 236 g/mol. The lowest BCUT2D eigenvalue weighted by molar-refractivity contribution is 0.264. The van der Waals surface area contributed by atoms with Crippen LogP contribution in [-0.2, 0) is 20.0 Å². The van der Waals surface area contributed by atoms with Gasteiger partial charge in [-0.1, -0.05) is 6.92 Å². The molecule has 1 aliphatic rings. The lowest BCUT2D eigenvalue weighted by atomic mass is 10.1. The Balaban J connectivity index is 1.75. The van der Waals surface area contributed by atoms with E-state index in [9.17, 15) is 0 Å². The van der Waals surface area contributed by atoms with Crippen LogP contribution in [0, 0.1) is 5.92 Å². The third-order valence-corrected chi connectivity index (χ3v) is 4.12. The monoisotopic (exact) mass is 264 g/mol. The van der Waals surface area contributed by atoms with Crippen molar-refractivity contribution in [2.75, 3.05) is 19.6 Å². The number of rotatable bonds is 6. The quantitative estimate of drug-likeness (QED) is 0.850. The van der Waals surface area contributed by atoms with Crippen molar-refractivity contribution in [1.82, 2.24) is 20.0 Å². The van der Waals surface area contributed by atoms with Crippen molar-refractivity contribution in [2.45, 2.75) is 46.2 Å². The summed E-state index contributed by atoms with van der Waals surface area (Å²) in [4.78, 5) is 2.58. The molecule has 0 saturated carbocycles. The number of likely N-dealkylation sites (tertiary alicyclic amines) is 1. The van der Waals surface area contributed by atoms with Crippen molar-refractivity contribution in [3.8, 4) is 0 Å². The third-order valence-electron chi connectivity index (χ3n) is 4.12. The molecule has 1 fully saturated rings. The van der Waals surface area contributed by atoms with E-state index in [1.54, 1.807) is 0 Å². The molecule has 0 aromatic carbocycles. The summed E-state index contributed by atoms with van der Waals surface area (Å²) in [5, 5.41) is 8.09. The molecule has 0 amide bonds. The van der Waals surface area contributed by atoms with Gasteiger partial charge in [0.15, 0.2) is 0 Å². The minimum Gasteiger partial charge on any atom is -0.312 e. The second kappa shape index (κ2) is 6.53. The molecule has 19 heavy (non-hydrogen) atoms. The predicted octanol–water partition coefficient (Wildman–Crippen LogP) is 1.80. The molecule has 4 nitrogen and oxygen atoms in total. The summed E-state index contributed by atoms with van der Waals surface area (Å²) in [5.74, 6) is 0.809. The van der Waals surface area contributed by atoms with E-state index in [1.807, 2.05) is 11.7 Å². The maximum Gasteiger partial charge on any atom is 0.0666 e. The fourth-order valence-corrected chi connectivity index (χ4v) is 2.94. The molecular formula is C15H28N4. The van der Waals surface area contributed by atoms with Gasteiger partial charge in [0, 0.05) is 37.9 Å².